The highest BCUT2D eigenvalue weighted by molar-refractivity contribution is 5.87. The molecule has 0 aliphatic heterocycles. The van der Waals surface area contributed by atoms with Crippen LogP contribution in [0.3, 0.4) is 0 Å². The van der Waals surface area contributed by atoms with E-state index in [1.165, 1.54) is 9.13 Å². The van der Waals surface area contributed by atoms with E-state index in [0.717, 1.165) is 0 Å². The number of aliphatic imine (C=N–C) groups is 1. The van der Waals surface area contributed by atoms with E-state index in [4.69, 9.17) is 0 Å². The van der Waals surface area contributed by atoms with Crippen LogP contribution in [0.4, 0.5) is 5.69 Å². The number of aryl methyl sites for hydroxylation is 1. The number of aromatic nitrogens is 3. The van der Waals surface area contributed by atoms with Gasteiger partial charge in [0.25, 0.3) is 5.56 Å². The first kappa shape index (κ1) is 15.0. The molecule has 0 saturated heterocycles. The minimum absolute atomic E-state index is 0.319. The monoisotopic (exact) mass is 289 g/mol. The molecule has 2 aromatic rings. The van der Waals surface area contributed by atoms with Crippen molar-refractivity contribution in [1.82, 2.24) is 19.0 Å². The van der Waals surface area contributed by atoms with Crippen molar-refractivity contribution in [3.05, 3.63) is 33.1 Å². The van der Waals surface area contributed by atoms with Crippen LogP contribution in [0.2, 0.25) is 0 Å². The highest BCUT2D eigenvalue weighted by Crippen LogP contribution is 2.19. The van der Waals surface area contributed by atoms with Crippen molar-refractivity contribution in [2.24, 2.45) is 4.99 Å². The lowest BCUT2D eigenvalue weighted by Gasteiger charge is -2.11. The topological polar surface area (TPSA) is 72.5 Å². The molecule has 0 atom stereocenters. The second kappa shape index (κ2) is 5.90. The van der Waals surface area contributed by atoms with Crippen LogP contribution in [-0.2, 0) is 13.1 Å². The average molecular weight is 289 g/mol. The Morgan fingerprint density at radius 2 is 1.90 bits per heavy atom. The van der Waals surface area contributed by atoms with Gasteiger partial charge >= 0.3 is 5.69 Å². The van der Waals surface area contributed by atoms with Gasteiger partial charge in [-0.05, 0) is 19.9 Å². The molecule has 0 unspecified atom stereocenters. The van der Waals surface area contributed by atoms with Crippen LogP contribution >= 0.6 is 0 Å². The van der Waals surface area contributed by atoms with Crippen molar-refractivity contribution in [2.45, 2.75) is 26.9 Å². The van der Waals surface area contributed by atoms with Crippen molar-refractivity contribution in [1.29, 1.82) is 0 Å². The summed E-state index contributed by atoms with van der Waals surface area (Å²) in [6, 6.07) is 1.67. The Bertz CT molecular complexity index is 801. The molecule has 0 aliphatic rings. The SMILES string of the molecule is CCn1c(=O)c2c(/N=C/N(C)C)ccnc2n(CC)c1=O. The molecular formula is C14H19N5O2. The molecule has 112 valence electrons. The van der Waals surface area contributed by atoms with E-state index >= 15 is 0 Å². The molecule has 7 nitrogen and oxygen atoms in total. The molecule has 0 saturated carbocycles. The van der Waals surface area contributed by atoms with Gasteiger partial charge < -0.3 is 4.90 Å². The predicted octanol–water partition coefficient (Wildman–Crippen LogP) is 0.819. The largest absolute Gasteiger partial charge is 0.369 e. The van der Waals surface area contributed by atoms with Crippen LogP contribution < -0.4 is 11.2 Å². The van der Waals surface area contributed by atoms with Crippen molar-refractivity contribution in [3.63, 3.8) is 0 Å². The number of pyridine rings is 1. The van der Waals surface area contributed by atoms with E-state index < -0.39 is 0 Å². The van der Waals surface area contributed by atoms with Crippen LogP contribution in [0.5, 0.6) is 0 Å². The molecule has 0 aromatic carbocycles. The molecule has 2 heterocycles. The van der Waals surface area contributed by atoms with E-state index in [1.807, 2.05) is 21.0 Å². The van der Waals surface area contributed by atoms with Gasteiger partial charge in [0.15, 0.2) is 5.65 Å². The van der Waals surface area contributed by atoms with E-state index in [9.17, 15) is 9.59 Å². The van der Waals surface area contributed by atoms with Crippen molar-refractivity contribution >= 4 is 23.1 Å². The van der Waals surface area contributed by atoms with Crippen molar-refractivity contribution in [3.8, 4) is 0 Å². The van der Waals surface area contributed by atoms with E-state index in [-0.39, 0.29) is 11.2 Å². The number of rotatable bonds is 4. The van der Waals surface area contributed by atoms with Crippen LogP contribution in [0, 0.1) is 0 Å². The quantitative estimate of drug-likeness (QED) is 0.617. The van der Waals surface area contributed by atoms with Gasteiger partial charge in [-0.2, -0.15) is 0 Å². The fraction of sp³-hybridized carbons (Fsp3) is 0.429. The van der Waals surface area contributed by atoms with E-state index in [0.29, 0.717) is 29.8 Å². The van der Waals surface area contributed by atoms with Gasteiger partial charge in [0.2, 0.25) is 0 Å². The summed E-state index contributed by atoms with van der Waals surface area (Å²) in [4.78, 5) is 35.1. The van der Waals surface area contributed by atoms with Crippen molar-refractivity contribution < 1.29 is 0 Å². The third-order valence-corrected chi connectivity index (χ3v) is 3.15. The van der Waals surface area contributed by atoms with Gasteiger partial charge in [-0.25, -0.2) is 14.8 Å². The number of nitrogens with zero attached hydrogens (tertiary/aromatic N) is 5. The molecule has 2 rings (SSSR count). The summed E-state index contributed by atoms with van der Waals surface area (Å²) in [6.07, 6.45) is 3.18. The van der Waals surface area contributed by atoms with Crippen LogP contribution in [-0.4, -0.2) is 39.5 Å². The van der Waals surface area contributed by atoms with E-state index in [1.54, 1.807) is 30.4 Å². The summed E-state index contributed by atoms with van der Waals surface area (Å²) in [5.41, 5.74) is 0.216. The smallest absolute Gasteiger partial charge is 0.332 e. The average Bonchev–Trinajstić information content (AvgIpc) is 2.45. The molecule has 0 aliphatic carbocycles. The Hall–Kier alpha value is -2.44. The number of fused-ring (bicyclic) bond motifs is 1. The predicted molar refractivity (Wildman–Crippen MR) is 83.5 cm³/mol. The van der Waals surface area contributed by atoms with Gasteiger partial charge in [0.1, 0.15) is 5.39 Å². The highest BCUT2D eigenvalue weighted by atomic mass is 16.2. The first-order valence-electron chi connectivity index (χ1n) is 6.84. The molecule has 0 spiro atoms. The van der Waals surface area contributed by atoms with Gasteiger partial charge in [0, 0.05) is 33.4 Å². The highest BCUT2D eigenvalue weighted by Gasteiger charge is 2.15. The molecule has 2 aromatic heterocycles. The molecule has 0 radical (unpaired) electrons. The van der Waals surface area contributed by atoms with Gasteiger partial charge in [-0.1, -0.05) is 0 Å². The summed E-state index contributed by atoms with van der Waals surface area (Å²) in [7, 11) is 3.69. The minimum Gasteiger partial charge on any atom is -0.369 e. The second-order valence-electron chi connectivity index (χ2n) is 4.81. The first-order chi connectivity index (χ1) is 10.0. The Morgan fingerprint density at radius 1 is 1.24 bits per heavy atom. The second-order valence-corrected chi connectivity index (χ2v) is 4.81. The minimum atomic E-state index is -0.346. The zero-order chi connectivity index (χ0) is 15.6. The zero-order valence-electron chi connectivity index (χ0n) is 12.7. The summed E-state index contributed by atoms with van der Waals surface area (Å²) in [6.45, 7) is 4.39. The lowest BCUT2D eigenvalue weighted by molar-refractivity contribution is 0.605. The van der Waals surface area contributed by atoms with Crippen LogP contribution in [0.15, 0.2) is 26.8 Å². The van der Waals surface area contributed by atoms with Gasteiger partial charge in [0.05, 0.1) is 12.0 Å². The maximum Gasteiger partial charge on any atom is 0.332 e. The number of hydrogen-bond acceptors (Lipinski definition) is 4. The Balaban J connectivity index is 2.93. The molecule has 21 heavy (non-hydrogen) atoms. The first-order valence-corrected chi connectivity index (χ1v) is 6.84. The summed E-state index contributed by atoms with van der Waals surface area (Å²) >= 11 is 0. The zero-order valence-corrected chi connectivity index (χ0v) is 12.7. The van der Waals surface area contributed by atoms with Gasteiger partial charge in [-0.15, -0.1) is 0 Å². The normalized spacial score (nSPS) is 11.4. The Morgan fingerprint density at radius 3 is 2.48 bits per heavy atom. The van der Waals surface area contributed by atoms with E-state index in [2.05, 4.69) is 9.98 Å². The fourth-order valence-electron chi connectivity index (χ4n) is 2.16. The molecule has 0 N–H and O–H groups in total. The standard InChI is InChI=1S/C14H19N5O2/c1-5-18-12-11(13(20)19(6-2)14(18)21)10(7-8-15-12)16-9-17(3)4/h7-9H,5-6H2,1-4H3/b16-9+. The maximum absolute atomic E-state index is 12.5. The molecule has 0 amide bonds. The maximum atomic E-state index is 12.5. The van der Waals surface area contributed by atoms with Crippen LogP contribution in [0.25, 0.3) is 11.0 Å². The third-order valence-electron chi connectivity index (χ3n) is 3.15. The Kier molecular flexibility index (Phi) is 4.21. The number of hydrogen-bond donors (Lipinski definition) is 0. The lowest BCUT2D eigenvalue weighted by atomic mass is 10.2. The molecule has 7 heteroatoms. The fourth-order valence-corrected chi connectivity index (χ4v) is 2.16. The third kappa shape index (κ3) is 2.58. The Labute approximate surface area is 122 Å². The lowest BCUT2D eigenvalue weighted by Crippen LogP contribution is -2.39. The molecule has 0 fully saturated rings. The molecular weight excluding hydrogens is 270 g/mol. The van der Waals surface area contributed by atoms with Gasteiger partial charge in [-0.3, -0.25) is 13.9 Å². The summed E-state index contributed by atoms with van der Waals surface area (Å²) in [5.74, 6) is 0. The summed E-state index contributed by atoms with van der Waals surface area (Å²) < 4.78 is 2.71. The molecule has 0 bridgehead atoms. The summed E-state index contributed by atoms with van der Waals surface area (Å²) in [5, 5.41) is 0.374. The van der Waals surface area contributed by atoms with Crippen LogP contribution in [0.1, 0.15) is 13.8 Å². The van der Waals surface area contributed by atoms with Crippen molar-refractivity contribution in [2.75, 3.05) is 14.1 Å².